The van der Waals surface area contributed by atoms with E-state index in [0.29, 0.717) is 32.2 Å². The maximum atomic E-state index is 13.2. The number of nitrogens with two attached hydrogens (primary N) is 1. The smallest absolute Gasteiger partial charge is 0.268 e. The van der Waals surface area contributed by atoms with Crippen molar-refractivity contribution in [2.45, 2.75) is 13.0 Å². The van der Waals surface area contributed by atoms with E-state index >= 15 is 0 Å². The molecule has 2 aromatic heterocycles. The molecule has 0 aliphatic carbocycles. The fraction of sp³-hybridized carbons (Fsp3) is 0.103. The van der Waals surface area contributed by atoms with Crippen LogP contribution in [0.5, 0.6) is 0 Å². The Balaban J connectivity index is 1.43. The lowest BCUT2D eigenvalue weighted by Gasteiger charge is -2.17. The number of halogens is 1. The van der Waals surface area contributed by atoms with E-state index in [1.54, 1.807) is 59.0 Å². The van der Waals surface area contributed by atoms with Crippen molar-refractivity contribution in [1.82, 2.24) is 9.55 Å². The van der Waals surface area contributed by atoms with E-state index in [0.717, 1.165) is 10.4 Å². The molecule has 0 saturated carbocycles. The van der Waals surface area contributed by atoms with E-state index in [1.807, 2.05) is 42.5 Å². The molecule has 0 saturated heterocycles. The van der Waals surface area contributed by atoms with Gasteiger partial charge in [0.15, 0.2) is 0 Å². The van der Waals surface area contributed by atoms with Crippen molar-refractivity contribution in [3.05, 3.63) is 100 Å². The third-order valence-electron chi connectivity index (χ3n) is 6.21. The predicted octanol–water partition coefficient (Wildman–Crippen LogP) is 5.82. The molecule has 196 valence electrons. The Morgan fingerprint density at radius 3 is 2.46 bits per heavy atom. The lowest BCUT2D eigenvalue weighted by atomic mass is 10.2. The van der Waals surface area contributed by atoms with Gasteiger partial charge in [0.2, 0.25) is 11.9 Å². The number of imidazole rings is 1. The number of aromatic nitrogens is 2. The van der Waals surface area contributed by atoms with Crippen LogP contribution in [0.15, 0.2) is 84.9 Å². The SMILES string of the molecule is CN(C(=O)c1ccccc1)c1ccc2c(c1)nc(NC(=O)c1ccc(-c3ccc(Cl)cc3)s1)n2CCC(N)=O. The number of anilines is 2. The summed E-state index contributed by atoms with van der Waals surface area (Å²) in [4.78, 5) is 45.3. The second-order valence-corrected chi connectivity index (χ2v) is 10.4. The number of carbonyl (C=O) groups excluding carboxylic acids is 3. The standard InChI is InChI=1S/C29H24ClN5O3S/c1-34(28(38)19-5-3-2-4-6-19)21-11-12-23-22(17-21)32-29(35(23)16-15-26(31)36)33-27(37)25-14-13-24(39-25)18-7-9-20(30)10-8-18/h2-14,17H,15-16H2,1H3,(H2,31,36)(H,32,33,37). The number of hydrogen-bond donors (Lipinski definition) is 2. The van der Waals surface area contributed by atoms with Crippen molar-refractivity contribution in [3.8, 4) is 10.4 Å². The average Bonchev–Trinajstić information content (AvgIpc) is 3.56. The monoisotopic (exact) mass is 557 g/mol. The van der Waals surface area contributed by atoms with Crippen LogP contribution in [0.25, 0.3) is 21.5 Å². The molecule has 3 N–H and O–H groups in total. The zero-order chi connectivity index (χ0) is 27.5. The van der Waals surface area contributed by atoms with Crippen molar-refractivity contribution in [3.63, 3.8) is 0 Å². The summed E-state index contributed by atoms with van der Waals surface area (Å²) < 4.78 is 1.74. The van der Waals surface area contributed by atoms with Gasteiger partial charge in [0.05, 0.1) is 15.9 Å². The molecule has 5 rings (SSSR count). The van der Waals surface area contributed by atoms with Crippen LogP contribution in [0.2, 0.25) is 5.02 Å². The molecular weight excluding hydrogens is 534 g/mol. The number of amides is 3. The van der Waals surface area contributed by atoms with Crippen LogP contribution in [0, 0.1) is 0 Å². The molecular formula is C29H24ClN5O3S. The van der Waals surface area contributed by atoms with E-state index in [1.165, 1.54) is 11.3 Å². The lowest BCUT2D eigenvalue weighted by Crippen LogP contribution is -2.26. The highest BCUT2D eigenvalue weighted by molar-refractivity contribution is 7.17. The number of primary amides is 1. The van der Waals surface area contributed by atoms with Gasteiger partial charge in [-0.25, -0.2) is 4.98 Å². The number of nitrogens with one attached hydrogen (secondary N) is 1. The average molecular weight is 558 g/mol. The normalized spacial score (nSPS) is 10.9. The van der Waals surface area contributed by atoms with Gasteiger partial charge in [-0.15, -0.1) is 11.3 Å². The summed E-state index contributed by atoms with van der Waals surface area (Å²) >= 11 is 7.34. The zero-order valence-corrected chi connectivity index (χ0v) is 22.5. The highest BCUT2D eigenvalue weighted by atomic mass is 35.5. The molecule has 0 aliphatic rings. The van der Waals surface area contributed by atoms with Crippen LogP contribution in [-0.2, 0) is 11.3 Å². The molecule has 8 nitrogen and oxygen atoms in total. The molecule has 0 spiro atoms. The maximum absolute atomic E-state index is 13.2. The number of aryl methyl sites for hydroxylation is 1. The summed E-state index contributed by atoms with van der Waals surface area (Å²) in [6.45, 7) is 0.236. The van der Waals surface area contributed by atoms with Crippen LogP contribution in [-0.4, -0.2) is 34.3 Å². The number of benzene rings is 3. The highest BCUT2D eigenvalue weighted by Crippen LogP contribution is 2.30. The fourth-order valence-electron chi connectivity index (χ4n) is 4.15. The van der Waals surface area contributed by atoms with Crippen LogP contribution < -0.4 is 16.0 Å². The Morgan fingerprint density at radius 1 is 1.00 bits per heavy atom. The first kappa shape index (κ1) is 26.1. The van der Waals surface area contributed by atoms with E-state index in [-0.39, 0.29) is 30.7 Å². The van der Waals surface area contributed by atoms with E-state index in [4.69, 9.17) is 17.3 Å². The minimum Gasteiger partial charge on any atom is -0.370 e. The summed E-state index contributed by atoms with van der Waals surface area (Å²) in [6.07, 6.45) is 0.0716. The van der Waals surface area contributed by atoms with E-state index < -0.39 is 5.91 Å². The van der Waals surface area contributed by atoms with Gasteiger partial charge < -0.3 is 15.2 Å². The third kappa shape index (κ3) is 5.69. The molecule has 10 heteroatoms. The minimum atomic E-state index is -0.468. The summed E-state index contributed by atoms with van der Waals surface area (Å²) in [7, 11) is 1.69. The van der Waals surface area contributed by atoms with Crippen LogP contribution in [0.4, 0.5) is 11.6 Å². The molecule has 3 amide bonds. The Kier molecular flexibility index (Phi) is 7.44. The zero-order valence-electron chi connectivity index (χ0n) is 20.9. The van der Waals surface area contributed by atoms with Gasteiger partial charge in [-0.1, -0.05) is 41.9 Å². The number of rotatable bonds is 8. The minimum absolute atomic E-state index is 0.0716. The van der Waals surface area contributed by atoms with Gasteiger partial charge in [-0.05, 0) is 60.2 Å². The molecule has 0 unspecified atom stereocenters. The number of hydrogen-bond acceptors (Lipinski definition) is 5. The Morgan fingerprint density at radius 2 is 1.74 bits per heavy atom. The molecule has 0 bridgehead atoms. The summed E-state index contributed by atoms with van der Waals surface area (Å²) in [5, 5.41) is 3.52. The van der Waals surface area contributed by atoms with Gasteiger partial charge in [-0.2, -0.15) is 0 Å². The van der Waals surface area contributed by atoms with Crippen LogP contribution in [0.3, 0.4) is 0 Å². The largest absolute Gasteiger partial charge is 0.370 e. The van der Waals surface area contributed by atoms with Gasteiger partial charge in [0.1, 0.15) is 0 Å². The lowest BCUT2D eigenvalue weighted by molar-refractivity contribution is -0.118. The molecule has 5 aromatic rings. The van der Waals surface area contributed by atoms with Gasteiger partial charge in [0.25, 0.3) is 11.8 Å². The quantitative estimate of drug-likeness (QED) is 0.250. The van der Waals surface area contributed by atoms with E-state index in [2.05, 4.69) is 10.3 Å². The number of nitrogens with zero attached hydrogens (tertiary/aromatic N) is 3. The maximum Gasteiger partial charge on any atom is 0.268 e. The molecule has 0 atom stereocenters. The molecule has 0 radical (unpaired) electrons. The van der Waals surface area contributed by atoms with Crippen LogP contribution >= 0.6 is 22.9 Å². The second kappa shape index (κ2) is 11.1. The topological polar surface area (TPSA) is 110 Å². The fourth-order valence-corrected chi connectivity index (χ4v) is 5.19. The molecule has 39 heavy (non-hydrogen) atoms. The first-order chi connectivity index (χ1) is 18.8. The van der Waals surface area contributed by atoms with Gasteiger partial charge >= 0.3 is 0 Å². The van der Waals surface area contributed by atoms with E-state index in [9.17, 15) is 14.4 Å². The molecule has 2 heterocycles. The molecule has 0 aliphatic heterocycles. The summed E-state index contributed by atoms with van der Waals surface area (Å²) in [6, 6.07) is 25.4. The number of carbonyl (C=O) groups is 3. The van der Waals surface area contributed by atoms with Crippen molar-refractivity contribution >= 4 is 63.3 Å². The first-order valence-corrected chi connectivity index (χ1v) is 13.3. The molecule has 3 aromatic carbocycles. The highest BCUT2D eigenvalue weighted by Gasteiger charge is 2.19. The van der Waals surface area contributed by atoms with Crippen molar-refractivity contribution in [1.29, 1.82) is 0 Å². The van der Waals surface area contributed by atoms with Crippen molar-refractivity contribution < 1.29 is 14.4 Å². The van der Waals surface area contributed by atoms with Crippen LogP contribution in [0.1, 0.15) is 26.5 Å². The Bertz CT molecular complexity index is 1680. The predicted molar refractivity (Wildman–Crippen MR) is 155 cm³/mol. The Hall–Kier alpha value is -4.47. The first-order valence-electron chi connectivity index (χ1n) is 12.1. The second-order valence-electron chi connectivity index (χ2n) is 8.83. The summed E-state index contributed by atoms with van der Waals surface area (Å²) in [5.74, 6) is -0.671. The molecule has 0 fully saturated rings. The number of thiophene rings is 1. The number of fused-ring (bicyclic) bond motifs is 1. The van der Waals surface area contributed by atoms with Gasteiger partial charge in [0, 0.05) is 41.2 Å². The van der Waals surface area contributed by atoms with Crippen molar-refractivity contribution in [2.24, 2.45) is 5.73 Å². The Labute approximate surface area is 233 Å². The summed E-state index contributed by atoms with van der Waals surface area (Å²) in [5.41, 5.74) is 8.83. The van der Waals surface area contributed by atoms with Crippen molar-refractivity contribution in [2.75, 3.05) is 17.3 Å². The van der Waals surface area contributed by atoms with Gasteiger partial charge in [-0.3, -0.25) is 19.7 Å². The third-order valence-corrected chi connectivity index (χ3v) is 7.60.